The normalized spacial score (nSPS) is 10.8. The second kappa shape index (κ2) is 9.65. The van der Waals surface area contributed by atoms with Gasteiger partial charge in [-0.3, -0.25) is 15.5 Å². The number of hydrazone groups is 1. The van der Waals surface area contributed by atoms with E-state index in [1.165, 1.54) is 23.6 Å². The molecule has 9 heteroatoms. The van der Waals surface area contributed by atoms with Crippen LogP contribution in [0.15, 0.2) is 52.9 Å². The molecular formula is C20H20N4O4S. The number of benzene rings is 2. The lowest BCUT2D eigenvalue weighted by atomic mass is 10.2. The first kappa shape index (κ1) is 20.3. The van der Waals surface area contributed by atoms with Crippen molar-refractivity contribution in [2.45, 2.75) is 13.8 Å². The van der Waals surface area contributed by atoms with Crippen molar-refractivity contribution in [3.8, 4) is 22.8 Å². The summed E-state index contributed by atoms with van der Waals surface area (Å²) in [5.41, 5.74) is 5.07. The van der Waals surface area contributed by atoms with Gasteiger partial charge in [0.1, 0.15) is 0 Å². The molecule has 0 aliphatic rings. The molecule has 0 aliphatic carbocycles. The number of nitro groups is 1. The topological polar surface area (TPSA) is 98.9 Å². The first-order valence-corrected chi connectivity index (χ1v) is 9.88. The first-order valence-electron chi connectivity index (χ1n) is 9.00. The van der Waals surface area contributed by atoms with E-state index in [1.807, 2.05) is 35.7 Å². The number of hydrogen-bond donors (Lipinski definition) is 1. The summed E-state index contributed by atoms with van der Waals surface area (Å²) < 4.78 is 10.9. The highest BCUT2D eigenvalue weighted by molar-refractivity contribution is 7.14. The van der Waals surface area contributed by atoms with E-state index < -0.39 is 4.92 Å². The summed E-state index contributed by atoms with van der Waals surface area (Å²) in [5, 5.41) is 18.1. The number of ether oxygens (including phenoxy) is 2. The number of rotatable bonds is 9. The number of hydrogen-bond acceptors (Lipinski definition) is 8. The van der Waals surface area contributed by atoms with Gasteiger partial charge in [0.15, 0.2) is 5.75 Å². The molecule has 1 N–H and O–H groups in total. The van der Waals surface area contributed by atoms with Crippen molar-refractivity contribution in [1.29, 1.82) is 0 Å². The number of aromatic nitrogens is 1. The fraction of sp³-hybridized carbons (Fsp3) is 0.200. The van der Waals surface area contributed by atoms with Gasteiger partial charge in [0.2, 0.25) is 10.9 Å². The molecule has 3 rings (SSSR count). The molecule has 0 fully saturated rings. The van der Waals surface area contributed by atoms with E-state index in [-0.39, 0.29) is 11.4 Å². The van der Waals surface area contributed by atoms with Crippen LogP contribution in [0, 0.1) is 10.1 Å². The standard InChI is InChI=1S/C20H20N4O4S/c1-3-27-18-11-14(10-17(24(25)26)19(18)28-4-2)12-21-23-20-22-16(13-29-20)15-8-6-5-7-9-15/h5-13H,3-4H2,1-2H3,(H,22,23)/b21-12-. The van der Waals surface area contributed by atoms with E-state index in [0.717, 1.165) is 11.3 Å². The average molecular weight is 412 g/mol. The molecule has 0 spiro atoms. The zero-order valence-corrected chi connectivity index (χ0v) is 16.8. The maximum absolute atomic E-state index is 11.4. The highest BCUT2D eigenvalue weighted by atomic mass is 32.1. The smallest absolute Gasteiger partial charge is 0.315 e. The maximum atomic E-state index is 11.4. The molecule has 2 aromatic carbocycles. The van der Waals surface area contributed by atoms with E-state index >= 15 is 0 Å². The van der Waals surface area contributed by atoms with Crippen LogP contribution in [0.25, 0.3) is 11.3 Å². The zero-order chi connectivity index (χ0) is 20.6. The monoisotopic (exact) mass is 412 g/mol. The highest BCUT2D eigenvalue weighted by Crippen LogP contribution is 2.38. The van der Waals surface area contributed by atoms with Gasteiger partial charge in [0.05, 0.1) is 30.0 Å². The van der Waals surface area contributed by atoms with Gasteiger partial charge in [-0.25, -0.2) is 4.98 Å². The van der Waals surface area contributed by atoms with Gasteiger partial charge in [-0.05, 0) is 19.9 Å². The van der Waals surface area contributed by atoms with Crippen LogP contribution in [0.3, 0.4) is 0 Å². The van der Waals surface area contributed by atoms with Crippen LogP contribution in [-0.4, -0.2) is 29.3 Å². The van der Waals surface area contributed by atoms with Crippen molar-refractivity contribution in [1.82, 2.24) is 4.98 Å². The van der Waals surface area contributed by atoms with E-state index in [0.29, 0.717) is 29.7 Å². The Bertz CT molecular complexity index is 1000. The summed E-state index contributed by atoms with van der Waals surface area (Å²) in [6.07, 6.45) is 1.48. The Balaban J connectivity index is 1.79. The molecule has 0 bridgehead atoms. The van der Waals surface area contributed by atoms with Gasteiger partial charge in [0.25, 0.3) is 0 Å². The van der Waals surface area contributed by atoms with Crippen molar-refractivity contribution >= 4 is 28.4 Å². The summed E-state index contributed by atoms with van der Waals surface area (Å²) in [5.74, 6) is 0.433. The average Bonchev–Trinajstić information content (AvgIpc) is 3.19. The van der Waals surface area contributed by atoms with Crippen LogP contribution in [0.2, 0.25) is 0 Å². The number of nitrogens with zero attached hydrogens (tertiary/aromatic N) is 3. The molecule has 0 saturated heterocycles. The minimum Gasteiger partial charge on any atom is -0.490 e. The van der Waals surface area contributed by atoms with E-state index in [9.17, 15) is 10.1 Å². The van der Waals surface area contributed by atoms with Crippen LogP contribution in [0.1, 0.15) is 19.4 Å². The third-order valence-electron chi connectivity index (χ3n) is 3.79. The third-order valence-corrected chi connectivity index (χ3v) is 4.54. The molecule has 150 valence electrons. The Kier molecular flexibility index (Phi) is 6.75. The molecule has 1 aromatic heterocycles. The molecule has 29 heavy (non-hydrogen) atoms. The molecule has 0 unspecified atom stereocenters. The van der Waals surface area contributed by atoms with Gasteiger partial charge in [0, 0.05) is 22.6 Å². The lowest BCUT2D eigenvalue weighted by molar-refractivity contribution is -0.385. The second-order valence-corrected chi connectivity index (χ2v) is 6.62. The third kappa shape index (κ3) is 5.08. The molecule has 0 amide bonds. The van der Waals surface area contributed by atoms with Crippen LogP contribution in [0.4, 0.5) is 10.8 Å². The zero-order valence-electron chi connectivity index (χ0n) is 16.0. The van der Waals surface area contributed by atoms with Gasteiger partial charge < -0.3 is 9.47 Å². The quantitative estimate of drug-likeness (QED) is 0.303. The molecule has 3 aromatic rings. The minimum absolute atomic E-state index is 0.122. The van der Waals surface area contributed by atoms with Gasteiger partial charge in [-0.15, -0.1) is 11.3 Å². The Morgan fingerprint density at radius 1 is 1.21 bits per heavy atom. The predicted molar refractivity (Wildman–Crippen MR) is 114 cm³/mol. The molecular weight excluding hydrogens is 392 g/mol. The Morgan fingerprint density at radius 3 is 2.66 bits per heavy atom. The van der Waals surface area contributed by atoms with Gasteiger partial charge in [-0.1, -0.05) is 30.3 Å². The minimum atomic E-state index is -0.495. The van der Waals surface area contributed by atoms with Crippen LogP contribution >= 0.6 is 11.3 Å². The lowest BCUT2D eigenvalue weighted by Crippen LogP contribution is -2.03. The lowest BCUT2D eigenvalue weighted by Gasteiger charge is -2.11. The second-order valence-electron chi connectivity index (χ2n) is 5.76. The molecule has 8 nitrogen and oxygen atoms in total. The largest absolute Gasteiger partial charge is 0.490 e. The van der Waals surface area contributed by atoms with Crippen LogP contribution in [-0.2, 0) is 0 Å². The Labute approximate surface area is 172 Å². The van der Waals surface area contributed by atoms with E-state index in [2.05, 4.69) is 15.5 Å². The number of thiazole rings is 1. The van der Waals surface area contributed by atoms with Crippen molar-refractivity contribution in [2.24, 2.45) is 5.10 Å². The van der Waals surface area contributed by atoms with Crippen molar-refractivity contribution in [2.75, 3.05) is 18.6 Å². The fourth-order valence-electron chi connectivity index (χ4n) is 2.60. The number of nitro benzene ring substituents is 1. The van der Waals surface area contributed by atoms with Crippen LogP contribution < -0.4 is 14.9 Å². The van der Waals surface area contributed by atoms with E-state index in [4.69, 9.17) is 9.47 Å². The Hall–Kier alpha value is -3.46. The predicted octanol–water partition coefficient (Wildman–Crippen LogP) is 4.96. The summed E-state index contributed by atoms with van der Waals surface area (Å²) in [6.45, 7) is 4.22. The van der Waals surface area contributed by atoms with Crippen molar-refractivity contribution in [3.63, 3.8) is 0 Å². The van der Waals surface area contributed by atoms with E-state index in [1.54, 1.807) is 19.9 Å². The maximum Gasteiger partial charge on any atom is 0.315 e. The van der Waals surface area contributed by atoms with Crippen molar-refractivity contribution in [3.05, 3.63) is 63.5 Å². The van der Waals surface area contributed by atoms with Gasteiger partial charge in [-0.2, -0.15) is 5.10 Å². The number of nitrogens with one attached hydrogen (secondary N) is 1. The molecule has 1 heterocycles. The molecule has 0 saturated carbocycles. The highest BCUT2D eigenvalue weighted by Gasteiger charge is 2.22. The molecule has 0 radical (unpaired) electrons. The van der Waals surface area contributed by atoms with Crippen LogP contribution in [0.5, 0.6) is 11.5 Å². The fourth-order valence-corrected chi connectivity index (χ4v) is 3.27. The number of anilines is 1. The first-order chi connectivity index (χ1) is 14.1. The summed E-state index contributed by atoms with van der Waals surface area (Å²) in [7, 11) is 0. The van der Waals surface area contributed by atoms with Gasteiger partial charge >= 0.3 is 5.69 Å². The summed E-state index contributed by atoms with van der Waals surface area (Å²) in [4.78, 5) is 15.4. The summed E-state index contributed by atoms with van der Waals surface area (Å²) in [6, 6.07) is 12.9. The molecule has 0 aliphatic heterocycles. The SMILES string of the molecule is CCOc1cc(/C=N\Nc2nc(-c3ccccc3)cs2)cc([N+](=O)[O-])c1OCC. The van der Waals surface area contributed by atoms with Crippen molar-refractivity contribution < 1.29 is 14.4 Å². The summed E-state index contributed by atoms with van der Waals surface area (Å²) >= 11 is 1.42. The Morgan fingerprint density at radius 2 is 1.97 bits per heavy atom. The molecule has 0 atom stereocenters.